The highest BCUT2D eigenvalue weighted by atomic mass is 35.5. The summed E-state index contributed by atoms with van der Waals surface area (Å²) in [4.78, 5) is 35.4. The first kappa shape index (κ1) is 43.7. The summed E-state index contributed by atoms with van der Waals surface area (Å²) >= 11 is 13.7. The first-order chi connectivity index (χ1) is 31.2. The SMILES string of the molecule is Cc1cccc(Cn2c(C(=O)O)cc3cc(OCc4ccccc4)cc(N4CC(C)n5c(c(CCCOc6cc(C)c(Cl)c(C)c6)c6ccc(Cl)c(-c7c(C)nn(C)c7C)c65)C4=O)c32)n1. The highest BCUT2D eigenvalue weighted by molar-refractivity contribution is 6.35. The zero-order chi connectivity index (χ0) is 45.8. The molecule has 0 bridgehead atoms. The maximum Gasteiger partial charge on any atom is 0.352 e. The molecular weight excluding hydrogens is 860 g/mol. The van der Waals surface area contributed by atoms with E-state index in [1.807, 2.05) is 131 Å². The van der Waals surface area contributed by atoms with Gasteiger partial charge in [-0.1, -0.05) is 65.7 Å². The normalized spacial score (nSPS) is 13.8. The van der Waals surface area contributed by atoms with E-state index in [-0.39, 0.29) is 37.3 Å². The summed E-state index contributed by atoms with van der Waals surface area (Å²) in [5.41, 5.74) is 11.4. The maximum atomic E-state index is 15.8. The number of carbonyl (C=O) groups is 2. The van der Waals surface area contributed by atoms with Crippen LogP contribution in [0.5, 0.6) is 11.5 Å². The van der Waals surface area contributed by atoms with Gasteiger partial charge in [0.25, 0.3) is 5.91 Å². The molecule has 0 radical (unpaired) electrons. The van der Waals surface area contributed by atoms with Gasteiger partial charge in [0.15, 0.2) is 0 Å². The van der Waals surface area contributed by atoms with Gasteiger partial charge in [0.05, 0.1) is 46.3 Å². The van der Waals surface area contributed by atoms with Gasteiger partial charge in [0.2, 0.25) is 0 Å². The molecule has 1 aliphatic rings. The van der Waals surface area contributed by atoms with E-state index in [1.165, 1.54) is 0 Å². The minimum absolute atomic E-state index is 0.0737. The van der Waals surface area contributed by atoms with Gasteiger partial charge in [-0.05, 0) is 119 Å². The third-order valence-electron chi connectivity index (χ3n) is 12.5. The van der Waals surface area contributed by atoms with Crippen LogP contribution < -0.4 is 14.4 Å². The predicted octanol–water partition coefficient (Wildman–Crippen LogP) is 11.8. The molecule has 0 aliphatic carbocycles. The molecule has 5 heterocycles. The number of aromatic carboxylic acids is 1. The van der Waals surface area contributed by atoms with Crippen molar-refractivity contribution in [2.75, 3.05) is 18.1 Å². The number of halogens is 2. The summed E-state index contributed by atoms with van der Waals surface area (Å²) in [5.74, 6) is -0.0690. The summed E-state index contributed by atoms with van der Waals surface area (Å²) in [5, 5.41) is 18.3. The van der Waals surface area contributed by atoms with Crippen molar-refractivity contribution in [3.63, 3.8) is 0 Å². The van der Waals surface area contributed by atoms with Gasteiger partial charge >= 0.3 is 5.97 Å². The van der Waals surface area contributed by atoms with Crippen LogP contribution in [0.15, 0.2) is 91.0 Å². The maximum absolute atomic E-state index is 15.8. The number of carbonyl (C=O) groups excluding carboxylic acids is 1. The van der Waals surface area contributed by atoms with Crippen molar-refractivity contribution >= 4 is 62.6 Å². The average Bonchev–Trinajstić information content (AvgIpc) is 3.90. The molecule has 332 valence electrons. The Kier molecular flexibility index (Phi) is 11.7. The smallest absolute Gasteiger partial charge is 0.352 e. The standard InChI is InChI=1S/C52H50Cl2N6O5/c1-29-21-38(22-30(2)47(29)54)64-20-12-17-40-41-18-19-42(53)46(45-33(5)56-57(7)34(45)6)49(41)60-32(4)26-59(51(61)50(40)60)43-25-39(65-28-35-14-9-8-10-15-35)23-36-24-44(52(62)63)58(48(36)43)27-37-16-11-13-31(3)55-37/h8-11,13-16,18-19,21-25,32H,12,17,20,26-28H2,1-7H3,(H,62,63). The highest BCUT2D eigenvalue weighted by Crippen LogP contribution is 2.46. The molecule has 65 heavy (non-hydrogen) atoms. The Morgan fingerprint density at radius 2 is 1.60 bits per heavy atom. The number of fused-ring (bicyclic) bond motifs is 4. The van der Waals surface area contributed by atoms with Crippen molar-refractivity contribution in [1.29, 1.82) is 0 Å². The first-order valence-electron chi connectivity index (χ1n) is 21.8. The van der Waals surface area contributed by atoms with Crippen molar-refractivity contribution in [2.24, 2.45) is 7.05 Å². The van der Waals surface area contributed by atoms with Crippen molar-refractivity contribution in [1.82, 2.24) is 23.9 Å². The third kappa shape index (κ3) is 8.01. The summed E-state index contributed by atoms with van der Waals surface area (Å²) in [6.45, 7) is 13.1. The zero-order valence-electron chi connectivity index (χ0n) is 37.5. The van der Waals surface area contributed by atoms with Gasteiger partial charge in [-0.3, -0.25) is 14.5 Å². The van der Waals surface area contributed by atoms with Crippen LogP contribution in [0.4, 0.5) is 5.69 Å². The quantitative estimate of drug-likeness (QED) is 0.115. The van der Waals surface area contributed by atoms with Crippen LogP contribution in [0, 0.1) is 34.6 Å². The number of aryl methyl sites for hydroxylation is 6. The Balaban J connectivity index is 1.22. The van der Waals surface area contributed by atoms with Crippen molar-refractivity contribution in [3.05, 3.63) is 157 Å². The van der Waals surface area contributed by atoms with Crippen LogP contribution in [-0.4, -0.2) is 54.0 Å². The van der Waals surface area contributed by atoms with Crippen LogP contribution in [0.2, 0.25) is 10.0 Å². The largest absolute Gasteiger partial charge is 0.494 e. The molecule has 4 aromatic carbocycles. The molecule has 1 amide bonds. The van der Waals surface area contributed by atoms with Crippen molar-refractivity contribution in [3.8, 4) is 22.6 Å². The Morgan fingerprint density at radius 1 is 0.862 bits per heavy atom. The number of benzene rings is 4. The van der Waals surface area contributed by atoms with Crippen LogP contribution >= 0.6 is 23.2 Å². The lowest BCUT2D eigenvalue weighted by atomic mass is 9.98. The van der Waals surface area contributed by atoms with Gasteiger partial charge in [-0.25, -0.2) is 4.79 Å². The van der Waals surface area contributed by atoms with Gasteiger partial charge in [0, 0.05) is 64.0 Å². The molecule has 4 aromatic heterocycles. The number of hydrogen-bond acceptors (Lipinski definition) is 6. The Bertz CT molecular complexity index is 3160. The third-order valence-corrected chi connectivity index (χ3v) is 13.4. The molecule has 1 unspecified atom stereocenters. The molecule has 0 saturated heterocycles. The number of carboxylic acid groups (broad SMARTS) is 1. The van der Waals surface area contributed by atoms with Crippen LogP contribution in [0.1, 0.15) is 85.4 Å². The predicted molar refractivity (Wildman–Crippen MR) is 258 cm³/mol. The number of rotatable bonds is 13. The molecule has 0 fully saturated rings. The fourth-order valence-corrected chi connectivity index (χ4v) is 9.88. The molecule has 13 heteroatoms. The lowest BCUT2D eigenvalue weighted by Crippen LogP contribution is -2.43. The average molecular weight is 910 g/mol. The molecule has 0 saturated carbocycles. The van der Waals surface area contributed by atoms with Crippen LogP contribution in [-0.2, 0) is 26.6 Å². The molecule has 9 rings (SSSR count). The molecule has 1 atom stereocenters. The molecular formula is C52H50Cl2N6O5. The van der Waals surface area contributed by atoms with E-state index >= 15 is 4.79 Å². The molecule has 1 aliphatic heterocycles. The monoisotopic (exact) mass is 908 g/mol. The molecule has 11 nitrogen and oxygen atoms in total. The van der Waals surface area contributed by atoms with E-state index in [1.54, 1.807) is 15.5 Å². The van der Waals surface area contributed by atoms with Gasteiger partial charge in [-0.15, -0.1) is 0 Å². The second-order valence-corrected chi connectivity index (χ2v) is 17.9. The van der Waals surface area contributed by atoms with Crippen molar-refractivity contribution in [2.45, 2.75) is 73.6 Å². The van der Waals surface area contributed by atoms with Gasteiger partial charge in [-0.2, -0.15) is 5.10 Å². The minimum Gasteiger partial charge on any atom is -0.494 e. The number of anilines is 1. The second kappa shape index (κ2) is 17.4. The molecule has 8 aromatic rings. The number of ether oxygens (including phenoxy) is 2. The van der Waals surface area contributed by atoms with Crippen molar-refractivity contribution < 1.29 is 24.2 Å². The second-order valence-electron chi connectivity index (χ2n) is 17.1. The Labute approximate surface area is 387 Å². The fourth-order valence-electron chi connectivity index (χ4n) is 9.52. The lowest BCUT2D eigenvalue weighted by Gasteiger charge is -2.35. The van der Waals surface area contributed by atoms with Gasteiger partial charge < -0.3 is 28.6 Å². The topological polar surface area (TPSA) is 117 Å². The molecule has 0 spiro atoms. The Hall–Kier alpha value is -6.56. The number of aromatic nitrogens is 5. The van der Waals surface area contributed by atoms with E-state index in [4.69, 9.17) is 42.8 Å². The first-order valence-corrected chi connectivity index (χ1v) is 22.5. The van der Waals surface area contributed by atoms with Crippen LogP contribution in [0.3, 0.4) is 0 Å². The molecule has 1 N–H and O–H groups in total. The zero-order valence-corrected chi connectivity index (χ0v) is 39.0. The highest BCUT2D eigenvalue weighted by Gasteiger charge is 2.38. The van der Waals surface area contributed by atoms with E-state index in [0.717, 1.165) is 72.1 Å². The minimum atomic E-state index is -1.09. The number of nitrogens with zero attached hydrogens (tertiary/aromatic N) is 6. The number of amides is 1. The fraction of sp³-hybridized carbons (Fsp3) is 0.269. The summed E-state index contributed by atoms with van der Waals surface area (Å²) in [6, 6.07) is 28.5. The van der Waals surface area contributed by atoms with E-state index in [2.05, 4.69) is 11.5 Å². The van der Waals surface area contributed by atoms with E-state index in [0.29, 0.717) is 58.2 Å². The Morgan fingerprint density at radius 3 is 2.29 bits per heavy atom. The summed E-state index contributed by atoms with van der Waals surface area (Å²) in [7, 11) is 1.92. The van der Waals surface area contributed by atoms with E-state index < -0.39 is 5.97 Å². The number of hydrogen-bond donors (Lipinski definition) is 1. The summed E-state index contributed by atoms with van der Waals surface area (Å²) < 4.78 is 18.5. The lowest BCUT2D eigenvalue weighted by molar-refractivity contribution is 0.0686. The number of pyridine rings is 1. The van der Waals surface area contributed by atoms with E-state index in [9.17, 15) is 9.90 Å². The van der Waals surface area contributed by atoms with Gasteiger partial charge in [0.1, 0.15) is 29.5 Å². The van der Waals surface area contributed by atoms with Crippen LogP contribution in [0.25, 0.3) is 32.9 Å². The summed E-state index contributed by atoms with van der Waals surface area (Å²) in [6.07, 6.45) is 1.13. The number of carboxylic acids is 1.